The van der Waals surface area contributed by atoms with Gasteiger partial charge in [0.05, 0.1) is 0 Å². The molecule has 0 heterocycles. The summed E-state index contributed by atoms with van der Waals surface area (Å²) < 4.78 is 0. The Bertz CT molecular complexity index is 617. The van der Waals surface area contributed by atoms with Crippen molar-refractivity contribution in [2.45, 2.75) is 46.6 Å². The highest BCUT2D eigenvalue weighted by Gasteiger charge is 2.11. The standard InChI is InChI=1S/C19H23N/c1-13-9-14(2)19(15(3)10-13)12-20-18-8-7-16-5-4-6-17(16)11-18/h7-11,20H,4-6,12H2,1-3H3. The average Bonchev–Trinajstić information content (AvgIpc) is 2.84. The predicted octanol–water partition coefficient (Wildman–Crippen LogP) is 4.71. The lowest BCUT2D eigenvalue weighted by Gasteiger charge is -2.14. The van der Waals surface area contributed by atoms with Crippen molar-refractivity contribution in [1.82, 2.24) is 0 Å². The van der Waals surface area contributed by atoms with Crippen LogP contribution in [0.15, 0.2) is 30.3 Å². The van der Waals surface area contributed by atoms with Crippen LogP contribution >= 0.6 is 0 Å². The first-order valence-electron chi connectivity index (χ1n) is 7.56. The van der Waals surface area contributed by atoms with E-state index in [0.717, 1.165) is 6.54 Å². The number of fused-ring (bicyclic) bond motifs is 1. The first kappa shape index (κ1) is 13.2. The smallest absolute Gasteiger partial charge is 0.0406 e. The second-order valence-corrected chi connectivity index (χ2v) is 6.07. The van der Waals surface area contributed by atoms with E-state index in [0.29, 0.717) is 0 Å². The molecule has 104 valence electrons. The fourth-order valence-electron chi connectivity index (χ4n) is 3.36. The number of nitrogens with one attached hydrogen (secondary N) is 1. The van der Waals surface area contributed by atoms with Gasteiger partial charge >= 0.3 is 0 Å². The molecule has 0 aliphatic heterocycles. The molecule has 20 heavy (non-hydrogen) atoms. The van der Waals surface area contributed by atoms with Gasteiger partial charge in [-0.2, -0.15) is 0 Å². The molecule has 0 fully saturated rings. The van der Waals surface area contributed by atoms with E-state index in [-0.39, 0.29) is 0 Å². The van der Waals surface area contributed by atoms with E-state index in [9.17, 15) is 0 Å². The summed E-state index contributed by atoms with van der Waals surface area (Å²) in [5.41, 5.74) is 9.88. The van der Waals surface area contributed by atoms with Crippen molar-refractivity contribution in [3.05, 3.63) is 63.7 Å². The van der Waals surface area contributed by atoms with Gasteiger partial charge in [0.2, 0.25) is 0 Å². The normalized spacial score (nSPS) is 13.3. The largest absolute Gasteiger partial charge is 0.381 e. The molecule has 0 amide bonds. The maximum atomic E-state index is 3.59. The quantitative estimate of drug-likeness (QED) is 0.847. The highest BCUT2D eigenvalue weighted by Crippen LogP contribution is 2.25. The van der Waals surface area contributed by atoms with Crippen molar-refractivity contribution in [2.75, 3.05) is 5.32 Å². The van der Waals surface area contributed by atoms with Gasteiger partial charge in [0.1, 0.15) is 0 Å². The molecule has 0 atom stereocenters. The zero-order valence-corrected chi connectivity index (χ0v) is 12.7. The lowest BCUT2D eigenvalue weighted by molar-refractivity contribution is 0.912. The lowest BCUT2D eigenvalue weighted by atomic mass is 9.99. The molecule has 2 aromatic carbocycles. The van der Waals surface area contributed by atoms with Crippen LogP contribution in [-0.4, -0.2) is 0 Å². The van der Waals surface area contributed by atoms with Gasteiger partial charge in [0.15, 0.2) is 0 Å². The Balaban J connectivity index is 1.77. The van der Waals surface area contributed by atoms with Gasteiger partial charge in [-0.3, -0.25) is 0 Å². The zero-order chi connectivity index (χ0) is 14.1. The van der Waals surface area contributed by atoms with Crippen LogP contribution in [0, 0.1) is 20.8 Å². The van der Waals surface area contributed by atoms with Crippen LogP contribution in [0.25, 0.3) is 0 Å². The van der Waals surface area contributed by atoms with E-state index in [1.165, 1.54) is 52.8 Å². The number of hydrogen-bond donors (Lipinski definition) is 1. The molecule has 0 saturated heterocycles. The summed E-state index contributed by atoms with van der Waals surface area (Å²) in [5.74, 6) is 0. The molecule has 1 N–H and O–H groups in total. The first-order chi connectivity index (χ1) is 9.63. The maximum Gasteiger partial charge on any atom is 0.0406 e. The van der Waals surface area contributed by atoms with E-state index < -0.39 is 0 Å². The minimum Gasteiger partial charge on any atom is -0.381 e. The van der Waals surface area contributed by atoms with Crippen LogP contribution in [0.1, 0.15) is 39.8 Å². The van der Waals surface area contributed by atoms with Gasteiger partial charge < -0.3 is 5.32 Å². The maximum absolute atomic E-state index is 3.59. The minimum atomic E-state index is 0.913. The van der Waals surface area contributed by atoms with Gasteiger partial charge in [-0.1, -0.05) is 23.8 Å². The number of hydrogen-bond acceptors (Lipinski definition) is 1. The number of benzene rings is 2. The van der Waals surface area contributed by atoms with E-state index in [1.807, 2.05) is 0 Å². The summed E-state index contributed by atoms with van der Waals surface area (Å²) >= 11 is 0. The Morgan fingerprint density at radius 1 is 0.900 bits per heavy atom. The molecular formula is C19H23N. The van der Waals surface area contributed by atoms with Crippen molar-refractivity contribution in [3.8, 4) is 0 Å². The van der Waals surface area contributed by atoms with Crippen molar-refractivity contribution in [1.29, 1.82) is 0 Å². The van der Waals surface area contributed by atoms with Crippen LogP contribution in [0.2, 0.25) is 0 Å². The summed E-state index contributed by atoms with van der Waals surface area (Å²) in [6.45, 7) is 7.49. The summed E-state index contributed by atoms with van der Waals surface area (Å²) in [6, 6.07) is 11.4. The number of aryl methyl sites for hydroxylation is 5. The average molecular weight is 265 g/mol. The molecule has 0 unspecified atom stereocenters. The van der Waals surface area contributed by atoms with Gasteiger partial charge in [-0.15, -0.1) is 0 Å². The number of rotatable bonds is 3. The highest BCUT2D eigenvalue weighted by atomic mass is 14.9. The SMILES string of the molecule is Cc1cc(C)c(CNc2ccc3c(c2)CCC3)c(C)c1. The van der Waals surface area contributed by atoms with Crippen LogP contribution in [-0.2, 0) is 19.4 Å². The van der Waals surface area contributed by atoms with Crippen molar-refractivity contribution >= 4 is 5.69 Å². The summed E-state index contributed by atoms with van der Waals surface area (Å²) in [5, 5.41) is 3.59. The molecule has 0 spiro atoms. The Labute approximate surface area is 122 Å². The Morgan fingerprint density at radius 2 is 1.60 bits per heavy atom. The summed E-state index contributed by atoms with van der Waals surface area (Å²) in [7, 11) is 0. The Morgan fingerprint density at radius 3 is 2.35 bits per heavy atom. The van der Waals surface area contributed by atoms with E-state index >= 15 is 0 Å². The molecular weight excluding hydrogens is 242 g/mol. The molecule has 1 nitrogen and oxygen atoms in total. The molecule has 0 aromatic heterocycles. The van der Waals surface area contributed by atoms with Gasteiger partial charge in [0, 0.05) is 12.2 Å². The molecule has 1 heteroatoms. The van der Waals surface area contributed by atoms with Crippen LogP contribution < -0.4 is 5.32 Å². The van der Waals surface area contributed by atoms with E-state index in [1.54, 1.807) is 5.56 Å². The second-order valence-electron chi connectivity index (χ2n) is 6.07. The molecule has 1 aliphatic rings. The van der Waals surface area contributed by atoms with Crippen LogP contribution in [0.4, 0.5) is 5.69 Å². The summed E-state index contributed by atoms with van der Waals surface area (Å²) in [6.07, 6.45) is 3.81. The lowest BCUT2D eigenvalue weighted by Crippen LogP contribution is -2.04. The zero-order valence-electron chi connectivity index (χ0n) is 12.7. The second kappa shape index (κ2) is 5.32. The molecule has 2 aromatic rings. The number of anilines is 1. The highest BCUT2D eigenvalue weighted by molar-refractivity contribution is 5.51. The fourth-order valence-corrected chi connectivity index (χ4v) is 3.36. The van der Waals surface area contributed by atoms with Gasteiger partial charge in [0.25, 0.3) is 0 Å². The molecule has 0 bridgehead atoms. The molecule has 0 radical (unpaired) electrons. The molecule has 1 aliphatic carbocycles. The Kier molecular flexibility index (Phi) is 3.52. The summed E-state index contributed by atoms with van der Waals surface area (Å²) in [4.78, 5) is 0. The third kappa shape index (κ3) is 2.58. The topological polar surface area (TPSA) is 12.0 Å². The van der Waals surface area contributed by atoms with Crippen molar-refractivity contribution in [3.63, 3.8) is 0 Å². The fraction of sp³-hybridized carbons (Fsp3) is 0.368. The van der Waals surface area contributed by atoms with Gasteiger partial charge in [-0.05, 0) is 80.0 Å². The van der Waals surface area contributed by atoms with E-state index in [4.69, 9.17) is 0 Å². The van der Waals surface area contributed by atoms with E-state index in [2.05, 4.69) is 56.4 Å². The molecule has 3 rings (SSSR count). The molecule has 0 saturated carbocycles. The minimum absolute atomic E-state index is 0.913. The first-order valence-corrected chi connectivity index (χ1v) is 7.56. The van der Waals surface area contributed by atoms with Crippen molar-refractivity contribution in [2.24, 2.45) is 0 Å². The Hall–Kier alpha value is -1.76. The van der Waals surface area contributed by atoms with Crippen LogP contribution in [0.5, 0.6) is 0 Å². The predicted molar refractivity (Wildman–Crippen MR) is 86.4 cm³/mol. The van der Waals surface area contributed by atoms with Crippen LogP contribution in [0.3, 0.4) is 0 Å². The monoisotopic (exact) mass is 265 g/mol. The third-order valence-corrected chi connectivity index (χ3v) is 4.41. The third-order valence-electron chi connectivity index (χ3n) is 4.41. The van der Waals surface area contributed by atoms with Crippen molar-refractivity contribution < 1.29 is 0 Å². The van der Waals surface area contributed by atoms with Gasteiger partial charge in [-0.25, -0.2) is 0 Å².